The van der Waals surface area contributed by atoms with Gasteiger partial charge < -0.3 is 0 Å². The van der Waals surface area contributed by atoms with Crippen molar-refractivity contribution in [3.8, 4) is 0 Å². The number of aromatic nitrogens is 5. The first kappa shape index (κ1) is 15.6. The maximum Gasteiger partial charge on any atom is 0.157 e. The number of nitrogens with zero attached hydrogens (tertiary/aromatic N) is 5. The van der Waals surface area contributed by atoms with E-state index in [1.807, 2.05) is 18.5 Å². The van der Waals surface area contributed by atoms with Crippen LogP contribution in [0.4, 0.5) is 0 Å². The van der Waals surface area contributed by atoms with E-state index >= 15 is 0 Å². The second-order valence-corrected chi connectivity index (χ2v) is 8.57. The van der Waals surface area contributed by atoms with E-state index in [-0.39, 0.29) is 0 Å². The van der Waals surface area contributed by atoms with Gasteiger partial charge in [-0.05, 0) is 54.2 Å². The average molecular weight is 378 g/mol. The third-order valence-corrected chi connectivity index (χ3v) is 6.51. The van der Waals surface area contributed by atoms with Crippen LogP contribution in [0.5, 0.6) is 0 Å². The van der Waals surface area contributed by atoms with Gasteiger partial charge in [0, 0.05) is 29.9 Å². The summed E-state index contributed by atoms with van der Waals surface area (Å²) in [5.41, 5.74) is 4.76. The minimum absolute atomic E-state index is 0.452. The Kier molecular flexibility index (Phi) is 3.21. The smallest absolute Gasteiger partial charge is 0.157 e. The normalized spacial score (nSPS) is 26.7. The van der Waals surface area contributed by atoms with Crippen molar-refractivity contribution < 1.29 is 0 Å². The predicted molar refractivity (Wildman–Crippen MR) is 105 cm³/mol. The maximum atomic E-state index is 6.23. The van der Waals surface area contributed by atoms with Gasteiger partial charge in [-0.15, -0.1) is 0 Å². The summed E-state index contributed by atoms with van der Waals surface area (Å²) in [6.07, 6.45) is 8.08. The lowest BCUT2D eigenvalue weighted by atomic mass is 10.0. The summed E-state index contributed by atoms with van der Waals surface area (Å²) in [6.45, 7) is 3.36. The molecule has 1 aromatic carbocycles. The Morgan fingerprint density at radius 2 is 2.07 bits per heavy atom. The standard InChI is InChI=1S/C21H20ClN5/c1-12-6-15(12)11-27-19-7-13(2-3-14(19)10-24-27)16-8-17(16)18-9-20(22)25-26-5-4-23-21(18)26/h2-5,7,9-10,12,15-17H,6,8,11H2,1H3/t12?,15?,16?,17-/m0/s1. The maximum absolute atomic E-state index is 6.23. The topological polar surface area (TPSA) is 48.0 Å². The Morgan fingerprint density at radius 3 is 2.93 bits per heavy atom. The first-order chi connectivity index (χ1) is 13.2. The molecule has 6 rings (SSSR count). The van der Waals surface area contributed by atoms with E-state index in [9.17, 15) is 0 Å². The van der Waals surface area contributed by atoms with Crippen molar-refractivity contribution >= 4 is 28.2 Å². The zero-order chi connectivity index (χ0) is 18.1. The highest BCUT2D eigenvalue weighted by molar-refractivity contribution is 6.29. The van der Waals surface area contributed by atoms with E-state index in [1.54, 1.807) is 10.7 Å². The molecule has 2 aliphatic rings. The first-order valence-corrected chi connectivity index (χ1v) is 10.0. The molecule has 3 aromatic heterocycles. The van der Waals surface area contributed by atoms with Crippen molar-refractivity contribution in [2.24, 2.45) is 11.8 Å². The molecule has 27 heavy (non-hydrogen) atoms. The summed E-state index contributed by atoms with van der Waals surface area (Å²) in [4.78, 5) is 4.48. The van der Waals surface area contributed by atoms with Crippen LogP contribution in [0.3, 0.4) is 0 Å². The van der Waals surface area contributed by atoms with E-state index in [0.717, 1.165) is 30.4 Å². The van der Waals surface area contributed by atoms with E-state index in [0.29, 0.717) is 17.0 Å². The van der Waals surface area contributed by atoms with E-state index in [2.05, 4.69) is 45.0 Å². The lowest BCUT2D eigenvalue weighted by molar-refractivity contribution is 0.555. The van der Waals surface area contributed by atoms with Crippen LogP contribution >= 0.6 is 11.6 Å². The molecule has 0 radical (unpaired) electrons. The number of halogens is 1. The Morgan fingerprint density at radius 1 is 1.19 bits per heavy atom. The van der Waals surface area contributed by atoms with Gasteiger partial charge in [0.2, 0.25) is 0 Å². The molecule has 6 heteroatoms. The third kappa shape index (κ3) is 2.56. The number of hydrogen-bond acceptors (Lipinski definition) is 3. The SMILES string of the molecule is CC1CC1Cn1ncc2ccc(C3C[C@@H]3c3cc(Cl)nn4ccnc34)cc21. The molecule has 136 valence electrons. The van der Waals surface area contributed by atoms with Crippen molar-refractivity contribution in [3.05, 3.63) is 59.1 Å². The van der Waals surface area contributed by atoms with Gasteiger partial charge in [0.1, 0.15) is 5.15 Å². The van der Waals surface area contributed by atoms with E-state index in [1.165, 1.54) is 28.5 Å². The van der Waals surface area contributed by atoms with Crippen LogP contribution in [0.2, 0.25) is 5.15 Å². The highest BCUT2D eigenvalue weighted by atomic mass is 35.5. The summed E-state index contributed by atoms with van der Waals surface area (Å²) in [5.74, 6) is 2.59. The quantitative estimate of drug-likeness (QED) is 0.519. The molecule has 4 atom stereocenters. The van der Waals surface area contributed by atoms with Gasteiger partial charge in [0.15, 0.2) is 5.65 Å². The van der Waals surface area contributed by atoms with Gasteiger partial charge in [-0.2, -0.15) is 10.2 Å². The minimum atomic E-state index is 0.452. The fraction of sp³-hybridized carbons (Fsp3) is 0.381. The van der Waals surface area contributed by atoms with Crippen LogP contribution in [-0.4, -0.2) is 24.4 Å². The van der Waals surface area contributed by atoms with E-state index in [4.69, 9.17) is 11.6 Å². The number of fused-ring (bicyclic) bond motifs is 2. The Balaban J connectivity index is 1.34. The van der Waals surface area contributed by atoms with Crippen LogP contribution in [-0.2, 0) is 6.54 Å². The summed E-state index contributed by atoms with van der Waals surface area (Å²) in [5, 5.41) is 10.7. The second-order valence-electron chi connectivity index (χ2n) is 8.18. The monoisotopic (exact) mass is 377 g/mol. The number of hydrogen-bond donors (Lipinski definition) is 0. The van der Waals surface area contributed by atoms with Gasteiger partial charge in [-0.3, -0.25) is 4.68 Å². The van der Waals surface area contributed by atoms with Gasteiger partial charge in [0.05, 0.1) is 11.7 Å². The fourth-order valence-corrected chi connectivity index (χ4v) is 4.63. The highest BCUT2D eigenvalue weighted by Crippen LogP contribution is 2.55. The Hall–Kier alpha value is -2.40. The second kappa shape index (κ2) is 5.55. The molecule has 5 nitrogen and oxygen atoms in total. The number of benzene rings is 1. The number of imidazole rings is 1. The van der Waals surface area contributed by atoms with Crippen molar-refractivity contribution in [2.45, 2.75) is 38.1 Å². The fourth-order valence-electron chi connectivity index (χ4n) is 4.43. The van der Waals surface area contributed by atoms with Crippen molar-refractivity contribution in [2.75, 3.05) is 0 Å². The van der Waals surface area contributed by atoms with Gasteiger partial charge >= 0.3 is 0 Å². The minimum Gasteiger partial charge on any atom is -0.265 e. The molecular weight excluding hydrogens is 358 g/mol. The van der Waals surface area contributed by atoms with Gasteiger partial charge in [0.25, 0.3) is 0 Å². The van der Waals surface area contributed by atoms with Crippen molar-refractivity contribution in [3.63, 3.8) is 0 Å². The van der Waals surface area contributed by atoms with E-state index < -0.39 is 0 Å². The zero-order valence-electron chi connectivity index (χ0n) is 15.1. The van der Waals surface area contributed by atoms with Crippen LogP contribution < -0.4 is 0 Å². The van der Waals surface area contributed by atoms with Gasteiger partial charge in [-0.25, -0.2) is 9.50 Å². The lowest BCUT2D eigenvalue weighted by Crippen LogP contribution is -2.02. The summed E-state index contributed by atoms with van der Waals surface area (Å²) in [7, 11) is 0. The largest absolute Gasteiger partial charge is 0.265 e. The van der Waals surface area contributed by atoms with Crippen LogP contribution in [0.1, 0.15) is 42.7 Å². The molecule has 0 N–H and O–H groups in total. The Bertz CT molecular complexity index is 1180. The molecule has 2 aliphatic carbocycles. The van der Waals surface area contributed by atoms with Crippen LogP contribution in [0, 0.1) is 11.8 Å². The molecule has 0 amide bonds. The molecule has 3 unspecified atom stereocenters. The molecule has 0 spiro atoms. The molecule has 4 aromatic rings. The molecular formula is C21H20ClN5. The molecule has 2 saturated carbocycles. The molecule has 3 heterocycles. The average Bonchev–Trinajstić information content (AvgIpc) is 3.48. The highest BCUT2D eigenvalue weighted by Gasteiger charge is 2.41. The molecule has 0 bridgehead atoms. The summed E-state index contributed by atoms with van der Waals surface area (Å²) in [6, 6.07) is 8.78. The third-order valence-electron chi connectivity index (χ3n) is 6.33. The van der Waals surface area contributed by atoms with Crippen molar-refractivity contribution in [1.82, 2.24) is 24.4 Å². The van der Waals surface area contributed by atoms with Gasteiger partial charge in [-0.1, -0.05) is 30.7 Å². The first-order valence-electron chi connectivity index (χ1n) is 9.62. The number of rotatable bonds is 4. The summed E-state index contributed by atoms with van der Waals surface area (Å²) >= 11 is 6.23. The Labute approximate surface area is 162 Å². The molecule has 2 fully saturated rings. The predicted octanol–water partition coefficient (Wildman–Crippen LogP) is 4.66. The molecule has 0 saturated heterocycles. The van der Waals surface area contributed by atoms with Crippen molar-refractivity contribution in [1.29, 1.82) is 0 Å². The van der Waals surface area contributed by atoms with Crippen LogP contribution in [0.15, 0.2) is 42.9 Å². The molecule has 0 aliphatic heterocycles. The van der Waals surface area contributed by atoms with Crippen LogP contribution in [0.25, 0.3) is 16.6 Å². The zero-order valence-corrected chi connectivity index (χ0v) is 15.8. The summed E-state index contributed by atoms with van der Waals surface area (Å²) < 4.78 is 3.97. The lowest BCUT2D eigenvalue weighted by Gasteiger charge is -2.06.